The van der Waals surface area contributed by atoms with Gasteiger partial charge in [-0.15, -0.1) is 0 Å². The zero-order chi connectivity index (χ0) is 21.4. The van der Waals surface area contributed by atoms with E-state index in [0.717, 1.165) is 23.4 Å². The lowest BCUT2D eigenvalue weighted by Crippen LogP contribution is -2.39. The maximum Gasteiger partial charge on any atom is 0.261 e. The number of carbonyl (C=O) groups excluding carboxylic acids is 2. The molecule has 1 aromatic carbocycles. The largest absolute Gasteiger partial charge is 0.368 e. The maximum absolute atomic E-state index is 12.9. The third-order valence-electron chi connectivity index (χ3n) is 5.57. The molecule has 2 amide bonds. The number of hydrogen-bond donors (Lipinski definition) is 1. The van der Waals surface area contributed by atoms with Gasteiger partial charge in [0.1, 0.15) is 12.6 Å². The number of aromatic nitrogens is 3. The van der Waals surface area contributed by atoms with Crippen LogP contribution < -0.4 is 10.9 Å². The van der Waals surface area contributed by atoms with E-state index in [1.807, 2.05) is 6.07 Å². The van der Waals surface area contributed by atoms with Crippen LogP contribution in [0.15, 0.2) is 35.4 Å². The number of benzene rings is 1. The molecule has 0 spiro atoms. The molecule has 0 unspecified atom stereocenters. The van der Waals surface area contributed by atoms with Crippen molar-refractivity contribution in [2.45, 2.75) is 38.5 Å². The first kappa shape index (κ1) is 19.8. The van der Waals surface area contributed by atoms with Crippen molar-refractivity contribution in [1.82, 2.24) is 19.4 Å². The van der Waals surface area contributed by atoms with Gasteiger partial charge in [-0.1, -0.05) is 23.5 Å². The van der Waals surface area contributed by atoms with Crippen molar-refractivity contribution in [2.75, 3.05) is 18.5 Å². The van der Waals surface area contributed by atoms with Gasteiger partial charge in [0.05, 0.1) is 29.5 Å². The minimum atomic E-state index is -0.409. The summed E-state index contributed by atoms with van der Waals surface area (Å²) in [5, 5.41) is 3.87. The zero-order valence-corrected chi connectivity index (χ0v) is 17.6. The Morgan fingerprint density at radius 3 is 3.00 bits per heavy atom. The molecule has 3 aromatic rings. The second kappa shape index (κ2) is 8.20. The van der Waals surface area contributed by atoms with E-state index in [1.165, 1.54) is 22.2 Å². The first-order chi connectivity index (χ1) is 15.1. The number of thiazole rings is 1. The number of ether oxygens (including phenoxy) is 1. The van der Waals surface area contributed by atoms with Gasteiger partial charge >= 0.3 is 0 Å². The van der Waals surface area contributed by atoms with Crippen LogP contribution in [0.1, 0.15) is 23.4 Å². The van der Waals surface area contributed by atoms with Crippen molar-refractivity contribution in [3.05, 3.63) is 51.5 Å². The van der Waals surface area contributed by atoms with Crippen molar-refractivity contribution < 1.29 is 14.3 Å². The van der Waals surface area contributed by atoms with E-state index < -0.39 is 6.10 Å². The molecule has 5 rings (SSSR count). The van der Waals surface area contributed by atoms with Gasteiger partial charge in [0, 0.05) is 24.4 Å². The second-order valence-electron chi connectivity index (χ2n) is 7.64. The van der Waals surface area contributed by atoms with Crippen LogP contribution in [0.5, 0.6) is 0 Å². The second-order valence-corrected chi connectivity index (χ2v) is 8.72. The molecule has 0 bridgehead atoms. The Morgan fingerprint density at radius 2 is 2.16 bits per heavy atom. The Kier molecular flexibility index (Phi) is 5.24. The van der Waals surface area contributed by atoms with Gasteiger partial charge in [-0.05, 0) is 25.0 Å². The van der Waals surface area contributed by atoms with Crippen LogP contribution in [0.25, 0.3) is 10.9 Å². The molecular weight excluding hydrogens is 418 g/mol. The minimum absolute atomic E-state index is 0.0621. The Bertz CT molecular complexity index is 1210. The van der Waals surface area contributed by atoms with Gasteiger partial charge in [-0.2, -0.15) is 0 Å². The van der Waals surface area contributed by atoms with Crippen LogP contribution in [0.3, 0.4) is 0 Å². The molecule has 0 saturated carbocycles. The van der Waals surface area contributed by atoms with Crippen molar-refractivity contribution in [3.8, 4) is 0 Å². The molecular formula is C21H21N5O4S. The number of nitrogens with one attached hydrogen (secondary N) is 1. The summed E-state index contributed by atoms with van der Waals surface area (Å²) in [7, 11) is 0. The van der Waals surface area contributed by atoms with E-state index in [-0.39, 0.29) is 23.9 Å². The average molecular weight is 439 g/mol. The van der Waals surface area contributed by atoms with Crippen molar-refractivity contribution in [3.63, 3.8) is 0 Å². The van der Waals surface area contributed by atoms with Crippen molar-refractivity contribution in [2.24, 2.45) is 0 Å². The molecule has 1 N–H and O–H groups in total. The number of amides is 2. The third kappa shape index (κ3) is 3.96. The highest BCUT2D eigenvalue weighted by molar-refractivity contribution is 7.15. The number of para-hydroxylation sites is 1. The Hall–Kier alpha value is -3.11. The molecule has 9 nitrogen and oxygen atoms in total. The Balaban J connectivity index is 1.27. The molecule has 10 heteroatoms. The minimum Gasteiger partial charge on any atom is -0.368 e. The Labute approximate surface area is 181 Å². The maximum atomic E-state index is 12.9. The van der Waals surface area contributed by atoms with Gasteiger partial charge in [0.15, 0.2) is 5.13 Å². The fourth-order valence-electron chi connectivity index (χ4n) is 3.90. The summed E-state index contributed by atoms with van der Waals surface area (Å²) < 4.78 is 6.76. The van der Waals surface area contributed by atoms with Crippen molar-refractivity contribution in [1.29, 1.82) is 0 Å². The molecule has 31 heavy (non-hydrogen) atoms. The van der Waals surface area contributed by atoms with Crippen LogP contribution >= 0.6 is 11.3 Å². The molecule has 0 aliphatic carbocycles. The summed E-state index contributed by atoms with van der Waals surface area (Å²) in [6.07, 6.45) is 3.23. The van der Waals surface area contributed by atoms with E-state index in [9.17, 15) is 14.4 Å². The Morgan fingerprint density at radius 1 is 1.29 bits per heavy atom. The lowest BCUT2D eigenvalue weighted by atomic mass is 10.2. The van der Waals surface area contributed by atoms with Gasteiger partial charge in [0.25, 0.3) is 11.5 Å². The smallest absolute Gasteiger partial charge is 0.261 e. The summed E-state index contributed by atoms with van der Waals surface area (Å²) in [6, 6.07) is 7.08. The SMILES string of the molecule is O=C(Nc1nc2c(s1)CN(C(=O)Cn1cnc3ccccc3c1=O)CC2)[C@@H]1CCCO1. The van der Waals surface area contributed by atoms with Crippen LogP contribution in [0.2, 0.25) is 0 Å². The predicted octanol–water partition coefficient (Wildman–Crippen LogP) is 1.56. The number of carbonyl (C=O) groups is 2. The van der Waals surface area contributed by atoms with Crippen molar-refractivity contribution >= 4 is 39.2 Å². The van der Waals surface area contributed by atoms with Crippen LogP contribution in [0, 0.1) is 0 Å². The third-order valence-corrected chi connectivity index (χ3v) is 6.57. The van der Waals surface area contributed by atoms with Gasteiger partial charge in [0.2, 0.25) is 5.91 Å². The molecule has 1 saturated heterocycles. The normalized spacial score (nSPS) is 18.2. The van der Waals surface area contributed by atoms with E-state index in [4.69, 9.17) is 4.74 Å². The number of fused-ring (bicyclic) bond motifs is 2. The zero-order valence-electron chi connectivity index (χ0n) is 16.7. The monoisotopic (exact) mass is 439 g/mol. The molecule has 0 radical (unpaired) electrons. The summed E-state index contributed by atoms with van der Waals surface area (Å²) in [5.41, 5.74) is 1.29. The predicted molar refractivity (Wildman–Crippen MR) is 115 cm³/mol. The number of nitrogens with zero attached hydrogens (tertiary/aromatic N) is 4. The lowest BCUT2D eigenvalue weighted by molar-refractivity contribution is -0.132. The fourth-order valence-corrected chi connectivity index (χ4v) is 4.92. The summed E-state index contributed by atoms with van der Waals surface area (Å²) in [4.78, 5) is 49.2. The van der Waals surface area contributed by atoms with Crippen LogP contribution in [0.4, 0.5) is 5.13 Å². The van der Waals surface area contributed by atoms with E-state index in [1.54, 1.807) is 23.1 Å². The molecule has 2 aliphatic rings. The molecule has 4 heterocycles. The highest BCUT2D eigenvalue weighted by atomic mass is 32.1. The van der Waals surface area contributed by atoms with Gasteiger partial charge in [-0.3, -0.25) is 24.3 Å². The molecule has 1 atom stereocenters. The quantitative estimate of drug-likeness (QED) is 0.661. The standard InChI is InChI=1S/C21H21N5O4S/c27-18(11-26-12-22-14-5-2-1-4-13(14)20(26)29)25-8-7-15-17(10-25)31-21(23-15)24-19(28)16-6-3-9-30-16/h1-2,4-5,12,16H,3,6-11H2,(H,23,24,28)/t16-/m0/s1. The number of anilines is 1. The molecule has 1 fully saturated rings. The lowest BCUT2D eigenvalue weighted by Gasteiger charge is -2.26. The summed E-state index contributed by atoms with van der Waals surface area (Å²) >= 11 is 1.38. The van der Waals surface area contributed by atoms with Crippen LogP contribution in [-0.4, -0.2) is 50.5 Å². The number of rotatable bonds is 4. The van der Waals surface area contributed by atoms with E-state index in [2.05, 4.69) is 15.3 Å². The molecule has 160 valence electrons. The van der Waals surface area contributed by atoms with E-state index in [0.29, 0.717) is 42.2 Å². The molecule has 2 aromatic heterocycles. The van der Waals surface area contributed by atoms with Gasteiger partial charge in [-0.25, -0.2) is 9.97 Å². The van der Waals surface area contributed by atoms with E-state index >= 15 is 0 Å². The fraction of sp³-hybridized carbons (Fsp3) is 0.381. The highest BCUT2D eigenvalue weighted by Crippen LogP contribution is 2.29. The summed E-state index contributed by atoms with van der Waals surface area (Å²) in [6.45, 7) is 1.48. The molecule has 2 aliphatic heterocycles. The summed E-state index contributed by atoms with van der Waals surface area (Å²) in [5.74, 6) is -0.317. The highest BCUT2D eigenvalue weighted by Gasteiger charge is 2.27. The van der Waals surface area contributed by atoms with Crippen LogP contribution in [-0.2, 0) is 33.8 Å². The van der Waals surface area contributed by atoms with Gasteiger partial charge < -0.3 is 9.64 Å². The first-order valence-electron chi connectivity index (χ1n) is 10.2. The average Bonchev–Trinajstić information content (AvgIpc) is 3.45. The topological polar surface area (TPSA) is 106 Å². The first-order valence-corrected chi connectivity index (χ1v) is 11.0. The number of hydrogen-bond acceptors (Lipinski definition) is 7.